The first-order valence-electron chi connectivity index (χ1n) is 11.8. The fraction of sp³-hybridized carbons (Fsp3) is 0.333. The number of rotatable bonds is 10. The molecule has 2 aromatic carbocycles. The van der Waals surface area contributed by atoms with Crippen LogP contribution >= 0.6 is 0 Å². The number of hydrogen-bond acceptors (Lipinski definition) is 6. The zero-order chi connectivity index (χ0) is 24.5. The van der Waals surface area contributed by atoms with Crippen molar-refractivity contribution >= 4 is 17.5 Å². The van der Waals surface area contributed by atoms with Gasteiger partial charge in [0.1, 0.15) is 12.4 Å². The second-order valence-corrected chi connectivity index (χ2v) is 8.51. The number of nitrogens with zero attached hydrogens (tertiary/aromatic N) is 1. The Hall–Kier alpha value is -3.62. The molecule has 0 radical (unpaired) electrons. The summed E-state index contributed by atoms with van der Waals surface area (Å²) in [5, 5.41) is 5.65. The Bertz CT molecular complexity index is 1110. The van der Waals surface area contributed by atoms with Gasteiger partial charge in [-0.25, -0.2) is 0 Å². The molecule has 0 atom stereocenters. The lowest BCUT2D eigenvalue weighted by molar-refractivity contribution is 0.0392. The van der Waals surface area contributed by atoms with Crippen molar-refractivity contribution in [3.63, 3.8) is 0 Å². The second kappa shape index (κ2) is 12.2. The predicted octanol–water partition coefficient (Wildman–Crippen LogP) is 3.95. The van der Waals surface area contributed by atoms with Crippen molar-refractivity contribution in [2.75, 3.05) is 38.7 Å². The number of nitrogens with one attached hydrogen (secondary N) is 2. The first kappa shape index (κ1) is 24.5. The molecule has 1 aromatic heterocycles. The molecule has 0 spiro atoms. The van der Waals surface area contributed by atoms with Gasteiger partial charge in [0.15, 0.2) is 5.76 Å². The van der Waals surface area contributed by atoms with Gasteiger partial charge in [-0.1, -0.05) is 18.2 Å². The van der Waals surface area contributed by atoms with Gasteiger partial charge in [-0.2, -0.15) is 0 Å². The quantitative estimate of drug-likeness (QED) is 0.459. The van der Waals surface area contributed by atoms with Crippen LogP contribution in [0, 0.1) is 0 Å². The Balaban J connectivity index is 1.25. The summed E-state index contributed by atoms with van der Waals surface area (Å²) < 4.78 is 16.5. The largest absolute Gasteiger partial charge is 0.492 e. The first-order chi connectivity index (χ1) is 17.1. The molecule has 2 heterocycles. The minimum absolute atomic E-state index is 0.206. The lowest BCUT2D eigenvalue weighted by atomic mass is 10.1. The summed E-state index contributed by atoms with van der Waals surface area (Å²) in [6, 6.07) is 18.3. The van der Waals surface area contributed by atoms with E-state index in [4.69, 9.17) is 13.9 Å². The number of furan rings is 1. The first-order valence-corrected chi connectivity index (χ1v) is 11.8. The minimum atomic E-state index is -0.372. The number of carbonyl (C=O) groups excluding carboxylic acids is 2. The van der Waals surface area contributed by atoms with E-state index in [-0.39, 0.29) is 17.6 Å². The SMILES string of the molecule is CN(CCOc1cccc(CNC(=O)c2cccc(NC(=O)c3ccco3)c2)c1)C1CCOCC1. The van der Waals surface area contributed by atoms with E-state index in [0.29, 0.717) is 30.4 Å². The molecular formula is C27H31N3O5. The molecule has 8 nitrogen and oxygen atoms in total. The summed E-state index contributed by atoms with van der Waals surface area (Å²) in [5.74, 6) is 0.378. The third-order valence-corrected chi connectivity index (χ3v) is 6.01. The van der Waals surface area contributed by atoms with E-state index in [9.17, 15) is 9.59 Å². The van der Waals surface area contributed by atoms with Gasteiger partial charge >= 0.3 is 0 Å². The Kier molecular flexibility index (Phi) is 8.53. The molecule has 35 heavy (non-hydrogen) atoms. The molecule has 0 bridgehead atoms. The molecule has 3 aromatic rings. The summed E-state index contributed by atoms with van der Waals surface area (Å²) in [5.41, 5.74) is 1.90. The van der Waals surface area contributed by atoms with Crippen LogP contribution in [0.1, 0.15) is 39.3 Å². The summed E-state index contributed by atoms with van der Waals surface area (Å²) in [6.07, 6.45) is 3.56. The molecule has 1 aliphatic rings. The third kappa shape index (κ3) is 7.18. The van der Waals surface area contributed by atoms with Crippen LogP contribution in [0.15, 0.2) is 71.3 Å². The Morgan fingerprint density at radius 2 is 1.86 bits per heavy atom. The summed E-state index contributed by atoms with van der Waals surface area (Å²) >= 11 is 0. The number of likely N-dealkylation sites (N-methyl/N-ethyl adjacent to an activating group) is 1. The highest BCUT2D eigenvalue weighted by Gasteiger charge is 2.18. The molecule has 0 unspecified atom stereocenters. The fourth-order valence-corrected chi connectivity index (χ4v) is 3.98. The van der Waals surface area contributed by atoms with Crippen LogP contribution in [0.5, 0.6) is 5.75 Å². The van der Waals surface area contributed by atoms with Crippen LogP contribution in [0.4, 0.5) is 5.69 Å². The number of benzene rings is 2. The van der Waals surface area contributed by atoms with Gasteiger partial charge < -0.3 is 24.5 Å². The van der Waals surface area contributed by atoms with Crippen molar-refractivity contribution in [3.8, 4) is 5.75 Å². The van der Waals surface area contributed by atoms with E-state index in [1.54, 1.807) is 36.4 Å². The number of anilines is 1. The van der Waals surface area contributed by atoms with Gasteiger partial charge in [-0.15, -0.1) is 0 Å². The zero-order valence-electron chi connectivity index (χ0n) is 19.9. The van der Waals surface area contributed by atoms with Crippen molar-refractivity contribution < 1.29 is 23.5 Å². The molecule has 184 valence electrons. The van der Waals surface area contributed by atoms with E-state index in [2.05, 4.69) is 22.6 Å². The molecule has 0 aliphatic carbocycles. The molecule has 4 rings (SSSR count). The third-order valence-electron chi connectivity index (χ3n) is 6.01. The van der Waals surface area contributed by atoms with Gasteiger partial charge in [-0.3, -0.25) is 14.5 Å². The number of carbonyl (C=O) groups is 2. The molecule has 2 N–H and O–H groups in total. The molecule has 2 amide bonds. The van der Waals surface area contributed by atoms with Crippen LogP contribution in [-0.2, 0) is 11.3 Å². The predicted molar refractivity (Wildman–Crippen MR) is 133 cm³/mol. The van der Waals surface area contributed by atoms with E-state index < -0.39 is 0 Å². The minimum Gasteiger partial charge on any atom is -0.492 e. The van der Waals surface area contributed by atoms with Crippen molar-refractivity contribution in [2.45, 2.75) is 25.4 Å². The maximum Gasteiger partial charge on any atom is 0.291 e. The van der Waals surface area contributed by atoms with Gasteiger partial charge in [-0.05, 0) is 67.9 Å². The lowest BCUT2D eigenvalue weighted by Gasteiger charge is -2.31. The van der Waals surface area contributed by atoms with Crippen molar-refractivity contribution in [1.82, 2.24) is 10.2 Å². The number of ether oxygens (including phenoxy) is 2. The van der Waals surface area contributed by atoms with E-state index in [1.165, 1.54) is 6.26 Å². The van der Waals surface area contributed by atoms with Crippen LogP contribution in [-0.4, -0.2) is 56.2 Å². The van der Waals surface area contributed by atoms with Crippen molar-refractivity contribution in [2.24, 2.45) is 0 Å². The smallest absolute Gasteiger partial charge is 0.291 e. The van der Waals surface area contributed by atoms with Crippen molar-refractivity contribution in [3.05, 3.63) is 83.8 Å². The number of hydrogen-bond donors (Lipinski definition) is 2. The standard InChI is InChI=1S/C27H31N3O5/c1-30(23-10-14-33-15-11-23)12-16-34-24-8-2-5-20(17-24)19-28-26(31)21-6-3-7-22(18-21)29-27(32)25-9-4-13-35-25/h2-9,13,17-18,23H,10-12,14-16,19H2,1H3,(H,28,31)(H,29,32). The molecule has 1 aliphatic heterocycles. The average Bonchev–Trinajstić information content (AvgIpc) is 3.44. The van der Waals surface area contributed by atoms with E-state index in [1.807, 2.05) is 24.3 Å². The number of amides is 2. The highest BCUT2D eigenvalue weighted by molar-refractivity contribution is 6.03. The highest BCUT2D eigenvalue weighted by atomic mass is 16.5. The second-order valence-electron chi connectivity index (χ2n) is 8.51. The van der Waals surface area contributed by atoms with Crippen molar-refractivity contribution in [1.29, 1.82) is 0 Å². The van der Waals surface area contributed by atoms with Gasteiger partial charge in [0.05, 0.1) is 6.26 Å². The fourth-order valence-electron chi connectivity index (χ4n) is 3.98. The Morgan fingerprint density at radius 3 is 2.66 bits per heavy atom. The van der Waals surface area contributed by atoms with Gasteiger partial charge in [0.25, 0.3) is 11.8 Å². The average molecular weight is 478 g/mol. The van der Waals surface area contributed by atoms with Crippen LogP contribution in [0.25, 0.3) is 0 Å². The summed E-state index contributed by atoms with van der Waals surface area (Å²) in [4.78, 5) is 27.2. The normalized spacial score (nSPS) is 14.0. The zero-order valence-corrected chi connectivity index (χ0v) is 19.9. The highest BCUT2D eigenvalue weighted by Crippen LogP contribution is 2.16. The van der Waals surface area contributed by atoms with Gasteiger partial charge in [0.2, 0.25) is 0 Å². The topological polar surface area (TPSA) is 93.0 Å². The summed E-state index contributed by atoms with van der Waals surface area (Å²) in [6.45, 7) is 3.46. The molecular weight excluding hydrogens is 446 g/mol. The lowest BCUT2D eigenvalue weighted by Crippen LogP contribution is -2.38. The van der Waals surface area contributed by atoms with Crippen LogP contribution < -0.4 is 15.4 Å². The van der Waals surface area contributed by atoms with Gasteiger partial charge in [0, 0.05) is 43.6 Å². The van der Waals surface area contributed by atoms with E-state index in [0.717, 1.165) is 43.9 Å². The Morgan fingerprint density at radius 1 is 1.03 bits per heavy atom. The van der Waals surface area contributed by atoms with Crippen LogP contribution in [0.2, 0.25) is 0 Å². The molecule has 8 heteroatoms. The monoisotopic (exact) mass is 477 g/mol. The maximum absolute atomic E-state index is 12.7. The molecule has 1 fully saturated rings. The van der Waals surface area contributed by atoms with Crippen LogP contribution in [0.3, 0.4) is 0 Å². The summed E-state index contributed by atoms with van der Waals surface area (Å²) in [7, 11) is 2.13. The maximum atomic E-state index is 12.7. The molecule has 0 saturated carbocycles. The Labute approximate surface area is 205 Å². The molecule has 1 saturated heterocycles. The van der Waals surface area contributed by atoms with E-state index >= 15 is 0 Å².